The van der Waals surface area contributed by atoms with Gasteiger partial charge in [0.2, 0.25) is 11.9 Å². The molecule has 0 bridgehead atoms. The maximum absolute atomic E-state index is 13.2. The topological polar surface area (TPSA) is 82.6 Å². The first-order valence-electron chi connectivity index (χ1n) is 12.5. The maximum atomic E-state index is 13.2. The van der Waals surface area contributed by atoms with Gasteiger partial charge >= 0.3 is 0 Å². The molecule has 0 spiro atoms. The quantitative estimate of drug-likeness (QED) is 0.345. The van der Waals surface area contributed by atoms with E-state index in [4.69, 9.17) is 4.74 Å². The highest BCUT2D eigenvalue weighted by molar-refractivity contribution is 7.09. The molecular weight excluding hydrogens is 484 g/mol. The van der Waals surface area contributed by atoms with Crippen LogP contribution in [-0.2, 0) is 11.2 Å². The second-order valence-electron chi connectivity index (χ2n) is 9.12. The molecule has 0 unspecified atom stereocenters. The Morgan fingerprint density at radius 1 is 1.08 bits per heavy atom. The third-order valence-electron chi connectivity index (χ3n) is 6.70. The molecule has 2 aromatic carbocycles. The maximum Gasteiger partial charge on any atom is 0.238 e. The Morgan fingerprint density at radius 3 is 2.68 bits per heavy atom. The van der Waals surface area contributed by atoms with E-state index in [0.29, 0.717) is 12.5 Å². The summed E-state index contributed by atoms with van der Waals surface area (Å²) in [5.74, 6) is 1.27. The van der Waals surface area contributed by atoms with Crippen LogP contribution in [0.2, 0.25) is 0 Å². The molecule has 5 rings (SSSR count). The Kier molecular flexibility index (Phi) is 7.93. The van der Waals surface area contributed by atoms with Gasteiger partial charge in [0, 0.05) is 67.5 Å². The predicted molar refractivity (Wildman–Crippen MR) is 151 cm³/mol. The highest BCUT2D eigenvalue weighted by atomic mass is 32.1. The van der Waals surface area contributed by atoms with Crippen LogP contribution in [0.3, 0.4) is 0 Å². The van der Waals surface area contributed by atoms with Crippen LogP contribution in [-0.4, -0.2) is 79.1 Å². The van der Waals surface area contributed by atoms with Crippen molar-refractivity contribution in [1.82, 2.24) is 19.8 Å². The van der Waals surface area contributed by atoms with Crippen molar-refractivity contribution in [1.29, 1.82) is 0 Å². The Morgan fingerprint density at radius 2 is 1.92 bits per heavy atom. The summed E-state index contributed by atoms with van der Waals surface area (Å²) < 4.78 is 5.45. The molecule has 1 aliphatic rings. The predicted octanol–water partition coefficient (Wildman–Crippen LogP) is 4.21. The summed E-state index contributed by atoms with van der Waals surface area (Å²) in [6, 6.07) is 16.1. The van der Waals surface area contributed by atoms with E-state index >= 15 is 0 Å². The van der Waals surface area contributed by atoms with Crippen molar-refractivity contribution in [3.05, 3.63) is 65.0 Å². The smallest absolute Gasteiger partial charge is 0.238 e. The Labute approximate surface area is 221 Å². The summed E-state index contributed by atoms with van der Waals surface area (Å²) in [4.78, 5) is 28.1. The van der Waals surface area contributed by atoms with Crippen LogP contribution in [0.25, 0.3) is 22.0 Å². The fourth-order valence-corrected chi connectivity index (χ4v) is 5.34. The number of rotatable bonds is 9. The third kappa shape index (κ3) is 6.25. The normalized spacial score (nSPS) is 14.5. The van der Waals surface area contributed by atoms with Gasteiger partial charge in [0.05, 0.1) is 19.3 Å². The Bertz CT molecular complexity index is 1350. The summed E-state index contributed by atoms with van der Waals surface area (Å²) in [5, 5.41) is 10.2. The lowest BCUT2D eigenvalue weighted by atomic mass is 10.0. The molecule has 8 nitrogen and oxygen atoms in total. The molecule has 0 saturated carbocycles. The highest BCUT2D eigenvalue weighted by Gasteiger charge is 2.20. The van der Waals surface area contributed by atoms with Gasteiger partial charge < -0.3 is 20.3 Å². The Hall–Kier alpha value is -3.53. The monoisotopic (exact) mass is 516 g/mol. The van der Waals surface area contributed by atoms with Crippen LogP contribution in [0.15, 0.2) is 60.1 Å². The lowest BCUT2D eigenvalue weighted by molar-refractivity contribution is -0.117. The minimum atomic E-state index is -0.0214. The summed E-state index contributed by atoms with van der Waals surface area (Å²) in [6.07, 6.45) is 2.82. The number of hydrogen-bond donors (Lipinski definition) is 2. The SMILES string of the molecule is CNc1nccc(-c2cc(NC(=O)CN3CCN(CCc4cccs4)CC3)c3cc(OC)ccc3c2)n1. The number of ether oxygens (including phenoxy) is 1. The number of fused-ring (bicyclic) bond motifs is 1. The minimum Gasteiger partial charge on any atom is -0.497 e. The van der Waals surface area contributed by atoms with E-state index < -0.39 is 0 Å². The van der Waals surface area contributed by atoms with Crippen LogP contribution < -0.4 is 15.4 Å². The van der Waals surface area contributed by atoms with Gasteiger partial charge in [-0.1, -0.05) is 12.1 Å². The number of piperazine rings is 1. The molecule has 1 aliphatic heterocycles. The van der Waals surface area contributed by atoms with Crippen LogP contribution in [0, 0.1) is 0 Å². The van der Waals surface area contributed by atoms with Gasteiger partial charge in [-0.15, -0.1) is 11.3 Å². The van der Waals surface area contributed by atoms with E-state index in [1.54, 1.807) is 20.4 Å². The molecule has 0 atom stereocenters. The largest absolute Gasteiger partial charge is 0.497 e. The number of carbonyl (C=O) groups excluding carboxylic acids is 1. The highest BCUT2D eigenvalue weighted by Crippen LogP contribution is 2.33. The van der Waals surface area contributed by atoms with Crippen LogP contribution >= 0.6 is 11.3 Å². The number of carbonyl (C=O) groups is 1. The fraction of sp³-hybridized carbons (Fsp3) is 0.321. The third-order valence-corrected chi connectivity index (χ3v) is 7.63. The fourth-order valence-electron chi connectivity index (χ4n) is 4.64. The van der Waals surface area contributed by atoms with Gasteiger partial charge in [-0.3, -0.25) is 9.69 Å². The summed E-state index contributed by atoms with van der Waals surface area (Å²) in [6.45, 7) is 5.18. The van der Waals surface area contributed by atoms with Crippen molar-refractivity contribution >= 4 is 39.7 Å². The summed E-state index contributed by atoms with van der Waals surface area (Å²) in [7, 11) is 3.44. The average molecular weight is 517 g/mol. The first-order valence-corrected chi connectivity index (χ1v) is 13.4. The molecule has 37 heavy (non-hydrogen) atoms. The van der Waals surface area contributed by atoms with E-state index in [9.17, 15) is 4.79 Å². The number of nitrogens with one attached hydrogen (secondary N) is 2. The van der Waals surface area contributed by atoms with Crippen molar-refractivity contribution < 1.29 is 9.53 Å². The lowest BCUT2D eigenvalue weighted by Gasteiger charge is -2.34. The van der Waals surface area contributed by atoms with Crippen molar-refractivity contribution in [3.8, 4) is 17.0 Å². The molecule has 4 aromatic rings. The second kappa shape index (κ2) is 11.7. The molecule has 192 valence electrons. The van der Waals surface area contributed by atoms with E-state index in [-0.39, 0.29) is 5.91 Å². The van der Waals surface area contributed by atoms with Gasteiger partial charge in [-0.25, -0.2) is 9.97 Å². The molecule has 1 saturated heterocycles. The van der Waals surface area contributed by atoms with Gasteiger partial charge in [-0.05, 0) is 53.6 Å². The first kappa shape index (κ1) is 25.1. The van der Waals surface area contributed by atoms with Crippen molar-refractivity contribution in [2.45, 2.75) is 6.42 Å². The van der Waals surface area contributed by atoms with Gasteiger partial charge in [0.25, 0.3) is 0 Å². The molecular formula is C28H32N6O2S. The molecule has 1 amide bonds. The van der Waals surface area contributed by atoms with Crippen LogP contribution in [0.1, 0.15) is 4.88 Å². The lowest BCUT2D eigenvalue weighted by Crippen LogP contribution is -2.49. The molecule has 2 aromatic heterocycles. The van der Waals surface area contributed by atoms with Crippen molar-refractivity contribution in [2.24, 2.45) is 0 Å². The summed E-state index contributed by atoms with van der Waals surface area (Å²) >= 11 is 1.82. The zero-order valence-corrected chi connectivity index (χ0v) is 22.1. The zero-order chi connectivity index (χ0) is 25.6. The number of methoxy groups -OCH3 is 1. The molecule has 3 heterocycles. The molecule has 2 N–H and O–H groups in total. The van der Waals surface area contributed by atoms with E-state index in [0.717, 1.165) is 72.6 Å². The standard InChI is InChI=1S/C28H32N6O2S/c1-29-28-30-9-7-25(32-28)21-16-20-5-6-22(36-2)18-24(20)26(17-21)31-27(35)19-34-13-11-33(12-14-34)10-8-23-4-3-15-37-23/h3-7,9,15-18H,8,10-14,19H2,1-2H3,(H,31,35)(H,29,30,32). The second-order valence-corrected chi connectivity index (χ2v) is 10.2. The summed E-state index contributed by atoms with van der Waals surface area (Å²) in [5.41, 5.74) is 2.44. The molecule has 1 fully saturated rings. The van der Waals surface area contributed by atoms with E-state index in [2.05, 4.69) is 54.0 Å². The first-order chi connectivity index (χ1) is 18.1. The van der Waals surface area contributed by atoms with Crippen LogP contribution in [0.4, 0.5) is 11.6 Å². The van der Waals surface area contributed by atoms with E-state index in [1.165, 1.54) is 4.88 Å². The number of hydrogen-bond acceptors (Lipinski definition) is 8. The Balaban J connectivity index is 1.28. The van der Waals surface area contributed by atoms with Crippen LogP contribution in [0.5, 0.6) is 5.75 Å². The van der Waals surface area contributed by atoms with Crippen molar-refractivity contribution in [3.63, 3.8) is 0 Å². The van der Waals surface area contributed by atoms with Crippen molar-refractivity contribution in [2.75, 3.05) is 64.1 Å². The number of thiophene rings is 1. The van der Waals surface area contributed by atoms with E-state index in [1.807, 2.05) is 41.7 Å². The molecule has 0 aliphatic carbocycles. The van der Waals surface area contributed by atoms with Gasteiger partial charge in [-0.2, -0.15) is 0 Å². The molecule has 9 heteroatoms. The number of aromatic nitrogens is 2. The minimum absolute atomic E-state index is 0.0214. The zero-order valence-electron chi connectivity index (χ0n) is 21.2. The number of nitrogens with zero attached hydrogens (tertiary/aromatic N) is 4. The van der Waals surface area contributed by atoms with Gasteiger partial charge in [0.15, 0.2) is 0 Å². The number of benzene rings is 2. The van der Waals surface area contributed by atoms with Gasteiger partial charge in [0.1, 0.15) is 5.75 Å². The average Bonchev–Trinajstić information content (AvgIpc) is 3.46. The number of anilines is 2. The number of amides is 1. The molecule has 0 radical (unpaired) electrons.